The summed E-state index contributed by atoms with van der Waals surface area (Å²) < 4.78 is 11.1. The number of ether oxygens (including phenoxy) is 2. The summed E-state index contributed by atoms with van der Waals surface area (Å²) in [4.78, 5) is 11.7. The smallest absolute Gasteiger partial charge is 0.330 e. The van der Waals surface area contributed by atoms with E-state index in [4.69, 9.17) is 20.9 Å². The molecule has 3 rings (SSSR count). The molecule has 0 heterocycles. The van der Waals surface area contributed by atoms with Crippen LogP contribution in [0.1, 0.15) is 38.5 Å². The van der Waals surface area contributed by atoms with Crippen LogP contribution in [-0.4, -0.2) is 19.2 Å². The van der Waals surface area contributed by atoms with E-state index in [-0.39, 0.29) is 5.97 Å². The van der Waals surface area contributed by atoms with Crippen molar-refractivity contribution in [2.24, 2.45) is 0 Å². The molecule has 0 amide bonds. The van der Waals surface area contributed by atoms with Crippen molar-refractivity contribution < 1.29 is 14.3 Å². The Morgan fingerprint density at radius 2 is 1.59 bits per heavy atom. The second kappa shape index (κ2) is 12.4. The van der Waals surface area contributed by atoms with Crippen LogP contribution in [-0.2, 0) is 9.53 Å². The molecule has 5 heteroatoms. The minimum Gasteiger partial charge on any atom is -0.494 e. The molecule has 0 saturated heterocycles. The van der Waals surface area contributed by atoms with Crippen LogP contribution < -0.4 is 16.2 Å². The second-order valence-electron chi connectivity index (χ2n) is 7.86. The normalized spacial score (nSPS) is 13.2. The van der Waals surface area contributed by atoms with E-state index in [1.807, 2.05) is 48.6 Å². The summed E-state index contributed by atoms with van der Waals surface area (Å²) in [6.45, 7) is 1.12. The predicted octanol–water partition coefficient (Wildman–Crippen LogP) is 5.83. The van der Waals surface area contributed by atoms with Gasteiger partial charge in [0, 0.05) is 17.5 Å². The number of esters is 1. The lowest BCUT2D eigenvalue weighted by Crippen LogP contribution is -2.03. The topological polar surface area (TPSA) is 87.6 Å². The van der Waals surface area contributed by atoms with Crippen molar-refractivity contribution in [1.82, 2.24) is 0 Å². The van der Waals surface area contributed by atoms with Crippen molar-refractivity contribution in [1.29, 1.82) is 0 Å². The summed E-state index contributed by atoms with van der Waals surface area (Å²) in [6, 6.07) is 13.5. The molecule has 0 aromatic heterocycles. The van der Waals surface area contributed by atoms with Crippen LogP contribution in [0.2, 0.25) is 0 Å². The van der Waals surface area contributed by atoms with E-state index in [0.29, 0.717) is 24.6 Å². The molecular weight excluding hydrogens is 400 g/mol. The Morgan fingerprint density at radius 1 is 0.875 bits per heavy atom. The van der Waals surface area contributed by atoms with Gasteiger partial charge in [-0.25, -0.2) is 4.79 Å². The van der Waals surface area contributed by atoms with E-state index >= 15 is 0 Å². The monoisotopic (exact) mass is 432 g/mol. The molecule has 0 bridgehead atoms. The lowest BCUT2D eigenvalue weighted by molar-refractivity contribution is -0.137. The van der Waals surface area contributed by atoms with E-state index < -0.39 is 0 Å². The quantitative estimate of drug-likeness (QED) is 0.202. The number of carbonyl (C=O) groups excluding carboxylic acids is 1. The fourth-order valence-corrected chi connectivity index (χ4v) is 3.48. The van der Waals surface area contributed by atoms with E-state index in [2.05, 4.69) is 12.2 Å². The Bertz CT molecular complexity index is 955. The highest BCUT2D eigenvalue weighted by atomic mass is 16.5. The highest BCUT2D eigenvalue weighted by Gasteiger charge is 2.02. The zero-order valence-electron chi connectivity index (χ0n) is 18.5. The van der Waals surface area contributed by atoms with Crippen LogP contribution >= 0.6 is 0 Å². The maximum Gasteiger partial charge on any atom is 0.330 e. The average molecular weight is 433 g/mol. The Kier molecular flexibility index (Phi) is 8.99. The van der Waals surface area contributed by atoms with Crippen molar-refractivity contribution in [3.63, 3.8) is 0 Å². The van der Waals surface area contributed by atoms with Crippen LogP contribution in [0.25, 0.3) is 11.1 Å². The van der Waals surface area contributed by atoms with Gasteiger partial charge in [0.05, 0.1) is 13.2 Å². The van der Waals surface area contributed by atoms with Gasteiger partial charge >= 0.3 is 5.97 Å². The molecule has 0 fully saturated rings. The van der Waals surface area contributed by atoms with Crippen molar-refractivity contribution in [2.75, 3.05) is 24.7 Å². The van der Waals surface area contributed by atoms with Gasteiger partial charge in [-0.05, 0) is 91.6 Å². The molecule has 32 heavy (non-hydrogen) atoms. The molecule has 4 N–H and O–H groups in total. The molecule has 1 aliphatic rings. The zero-order valence-corrected chi connectivity index (χ0v) is 18.5. The van der Waals surface area contributed by atoms with Crippen LogP contribution in [0.4, 0.5) is 11.4 Å². The maximum atomic E-state index is 11.7. The Hall–Kier alpha value is -3.47. The fourth-order valence-electron chi connectivity index (χ4n) is 3.48. The van der Waals surface area contributed by atoms with E-state index in [0.717, 1.165) is 61.0 Å². The van der Waals surface area contributed by atoms with Crippen molar-refractivity contribution >= 4 is 17.3 Å². The van der Waals surface area contributed by atoms with Crippen LogP contribution in [0.5, 0.6) is 5.75 Å². The first-order chi connectivity index (χ1) is 15.6. The van der Waals surface area contributed by atoms with Gasteiger partial charge < -0.3 is 20.9 Å². The molecule has 0 saturated carbocycles. The third-order valence-corrected chi connectivity index (χ3v) is 5.15. The zero-order chi connectivity index (χ0) is 22.6. The summed E-state index contributed by atoms with van der Waals surface area (Å²) in [5.41, 5.74) is 16.2. The lowest BCUT2D eigenvalue weighted by atomic mass is 10.0. The molecule has 1 aliphatic carbocycles. The summed E-state index contributed by atoms with van der Waals surface area (Å²) in [6.07, 6.45) is 15.5. The van der Waals surface area contributed by atoms with Gasteiger partial charge in [0.25, 0.3) is 0 Å². The minimum absolute atomic E-state index is 0.280. The molecular formula is C27H32N2O3. The highest BCUT2D eigenvalue weighted by Crippen LogP contribution is 2.26. The van der Waals surface area contributed by atoms with Gasteiger partial charge in [0.2, 0.25) is 0 Å². The lowest BCUT2D eigenvalue weighted by Gasteiger charge is -2.09. The van der Waals surface area contributed by atoms with E-state index in [1.165, 1.54) is 6.08 Å². The number of rotatable bonds is 11. The average Bonchev–Trinajstić information content (AvgIpc) is 2.80. The number of allylic oxidation sites excluding steroid dienone is 5. The molecule has 168 valence electrons. The second-order valence-corrected chi connectivity index (χ2v) is 7.86. The standard InChI is InChI=1S/C27H32N2O3/c28-24-18-23(19-25(29)20-24)22-11-13-26(14-12-22)31-16-6-1-2-7-17-32-27(30)15-10-21-8-4-3-5-9-21/h4,8-15,18-20H,1-3,5-7,16-17,28-29H2/b15-10+. The van der Waals surface area contributed by atoms with Crippen LogP contribution in [0, 0.1) is 0 Å². The summed E-state index contributed by atoms with van der Waals surface area (Å²) in [5, 5.41) is 0. The molecule has 0 spiro atoms. The van der Waals surface area contributed by atoms with Gasteiger partial charge in [-0.3, -0.25) is 0 Å². The summed E-state index contributed by atoms with van der Waals surface area (Å²) in [7, 11) is 0. The predicted molar refractivity (Wildman–Crippen MR) is 131 cm³/mol. The molecule has 0 atom stereocenters. The number of hydrogen-bond donors (Lipinski definition) is 2. The number of hydrogen-bond acceptors (Lipinski definition) is 5. The first-order valence-corrected chi connectivity index (χ1v) is 11.2. The molecule has 0 aliphatic heterocycles. The Morgan fingerprint density at radius 3 is 2.28 bits per heavy atom. The van der Waals surface area contributed by atoms with Crippen molar-refractivity contribution in [2.45, 2.75) is 38.5 Å². The molecule has 0 unspecified atom stereocenters. The number of nitrogen functional groups attached to an aromatic ring is 2. The number of benzene rings is 2. The number of anilines is 2. The van der Waals surface area contributed by atoms with Gasteiger partial charge in [0.15, 0.2) is 0 Å². The molecule has 2 aromatic rings. The molecule has 2 aromatic carbocycles. The largest absolute Gasteiger partial charge is 0.494 e. The van der Waals surface area contributed by atoms with E-state index in [9.17, 15) is 4.79 Å². The summed E-state index contributed by atoms with van der Waals surface area (Å²) in [5.74, 6) is 0.562. The highest BCUT2D eigenvalue weighted by molar-refractivity contribution is 5.82. The minimum atomic E-state index is -0.280. The number of unbranched alkanes of at least 4 members (excludes halogenated alkanes) is 3. The molecule has 0 radical (unpaired) electrons. The number of nitrogens with two attached hydrogens (primary N) is 2. The Labute approximate surface area is 190 Å². The van der Waals surface area contributed by atoms with Gasteiger partial charge in [-0.1, -0.05) is 30.4 Å². The Balaban J connectivity index is 1.26. The van der Waals surface area contributed by atoms with Crippen LogP contribution in [0.3, 0.4) is 0 Å². The van der Waals surface area contributed by atoms with Gasteiger partial charge in [-0.15, -0.1) is 0 Å². The van der Waals surface area contributed by atoms with Crippen molar-refractivity contribution in [3.05, 3.63) is 78.4 Å². The summed E-state index contributed by atoms with van der Waals surface area (Å²) >= 11 is 0. The van der Waals surface area contributed by atoms with Crippen LogP contribution in [0.15, 0.2) is 78.4 Å². The third kappa shape index (κ3) is 7.99. The first kappa shape index (κ1) is 23.2. The number of carbonyl (C=O) groups is 1. The van der Waals surface area contributed by atoms with Crippen molar-refractivity contribution in [3.8, 4) is 16.9 Å². The molecule has 5 nitrogen and oxygen atoms in total. The first-order valence-electron chi connectivity index (χ1n) is 11.2. The maximum absolute atomic E-state index is 11.7. The van der Waals surface area contributed by atoms with Gasteiger partial charge in [0.1, 0.15) is 5.75 Å². The van der Waals surface area contributed by atoms with E-state index in [1.54, 1.807) is 6.07 Å². The van der Waals surface area contributed by atoms with Gasteiger partial charge in [-0.2, -0.15) is 0 Å². The third-order valence-electron chi connectivity index (χ3n) is 5.15. The fraction of sp³-hybridized carbons (Fsp3) is 0.296. The SMILES string of the molecule is Nc1cc(N)cc(-c2ccc(OCCCCCCOC(=O)/C=C/C3=CCCC=C3)cc2)c1.